The maximum atomic E-state index is 12.1. The van der Waals surface area contributed by atoms with Gasteiger partial charge >= 0.3 is 5.97 Å². The van der Waals surface area contributed by atoms with Crippen LogP contribution in [0.2, 0.25) is 0 Å². The van der Waals surface area contributed by atoms with Gasteiger partial charge in [0.2, 0.25) is 5.91 Å². The van der Waals surface area contributed by atoms with Crippen molar-refractivity contribution < 1.29 is 22.7 Å². The summed E-state index contributed by atoms with van der Waals surface area (Å²) in [5.41, 5.74) is -0.511. The minimum atomic E-state index is -3.51. The smallest absolute Gasteiger partial charge is 0.306 e. The van der Waals surface area contributed by atoms with Crippen molar-refractivity contribution in [2.45, 2.75) is 39.2 Å². The number of methoxy groups -OCH3 is 1. The van der Waals surface area contributed by atoms with Gasteiger partial charge in [-0.2, -0.15) is 0 Å². The zero-order chi connectivity index (χ0) is 15.6. The Hall–Kier alpha value is -1.11. The molecule has 1 amide bonds. The molecule has 0 atom stereocenters. The Bertz CT molecular complexity index is 479. The molecule has 20 heavy (non-hydrogen) atoms. The van der Waals surface area contributed by atoms with Crippen LogP contribution in [0, 0.1) is 5.41 Å². The van der Waals surface area contributed by atoms with E-state index in [0.29, 0.717) is 12.8 Å². The van der Waals surface area contributed by atoms with E-state index in [1.54, 1.807) is 7.05 Å². The fourth-order valence-electron chi connectivity index (χ4n) is 2.02. The van der Waals surface area contributed by atoms with Crippen molar-refractivity contribution >= 4 is 21.7 Å². The second-order valence-corrected chi connectivity index (χ2v) is 7.95. The van der Waals surface area contributed by atoms with Crippen LogP contribution in [0.4, 0.5) is 0 Å². The van der Waals surface area contributed by atoms with Gasteiger partial charge in [-0.15, -0.1) is 0 Å². The van der Waals surface area contributed by atoms with E-state index in [-0.39, 0.29) is 18.2 Å². The molecule has 0 N–H and O–H groups in total. The predicted octanol–water partition coefficient (Wildman–Crippen LogP) is 0.611. The van der Waals surface area contributed by atoms with E-state index in [0.717, 1.165) is 0 Å². The molecule has 6 nitrogen and oxygen atoms in total. The molecule has 0 saturated heterocycles. The molecule has 116 valence electrons. The summed E-state index contributed by atoms with van der Waals surface area (Å²) in [6.07, 6.45) is 1.49. The van der Waals surface area contributed by atoms with Crippen molar-refractivity contribution in [3.63, 3.8) is 0 Å². The number of amides is 1. The third-order valence-corrected chi connectivity index (χ3v) is 5.48. The molecule has 1 rings (SSSR count). The van der Waals surface area contributed by atoms with Crippen LogP contribution in [0.15, 0.2) is 0 Å². The molecular weight excluding hydrogens is 282 g/mol. The molecule has 7 heteroatoms. The molecule has 0 spiro atoms. The number of carbonyl (C=O) groups excluding carboxylic acids is 2. The van der Waals surface area contributed by atoms with Crippen molar-refractivity contribution in [1.82, 2.24) is 4.90 Å². The average Bonchev–Trinajstić information content (AvgIpc) is 3.05. The van der Waals surface area contributed by atoms with Crippen LogP contribution in [0.5, 0.6) is 0 Å². The van der Waals surface area contributed by atoms with Crippen molar-refractivity contribution in [3.8, 4) is 0 Å². The van der Waals surface area contributed by atoms with Crippen molar-refractivity contribution in [1.29, 1.82) is 0 Å². The number of hydrogen-bond acceptors (Lipinski definition) is 5. The average molecular weight is 305 g/mol. The Balaban J connectivity index is 2.62. The number of hydrogen-bond donors (Lipinski definition) is 0. The number of carbonyl (C=O) groups is 2. The second kappa shape index (κ2) is 6.11. The van der Waals surface area contributed by atoms with Crippen LogP contribution in [0.1, 0.15) is 33.1 Å². The highest BCUT2D eigenvalue weighted by atomic mass is 32.2. The van der Waals surface area contributed by atoms with Gasteiger partial charge in [0, 0.05) is 13.1 Å². The second-order valence-electron chi connectivity index (χ2n) is 5.88. The van der Waals surface area contributed by atoms with Crippen molar-refractivity contribution in [2.75, 3.05) is 25.7 Å². The normalized spacial score (nSPS) is 16.9. The van der Waals surface area contributed by atoms with Crippen LogP contribution in [-0.2, 0) is 24.2 Å². The summed E-state index contributed by atoms with van der Waals surface area (Å²) >= 11 is 0. The van der Waals surface area contributed by atoms with Gasteiger partial charge in [-0.05, 0) is 32.1 Å². The number of nitrogens with zero attached hydrogens (tertiary/aromatic N) is 1. The quantitative estimate of drug-likeness (QED) is 0.644. The molecule has 0 aromatic heterocycles. The van der Waals surface area contributed by atoms with Crippen LogP contribution >= 0.6 is 0 Å². The molecule has 1 aliphatic rings. The highest BCUT2D eigenvalue weighted by molar-refractivity contribution is 7.92. The zero-order valence-corrected chi connectivity index (χ0v) is 13.3. The Morgan fingerprint density at radius 3 is 2.25 bits per heavy atom. The van der Waals surface area contributed by atoms with E-state index in [2.05, 4.69) is 4.74 Å². The standard InChI is InChI=1S/C13H23NO5S/c1-10(2)14(3)11(15)8-20(17,18)9-13(5-6-13)7-12(16)19-4/h10H,5-9H2,1-4H3. The monoisotopic (exact) mass is 305 g/mol. The summed E-state index contributed by atoms with van der Waals surface area (Å²) < 4.78 is 28.8. The first-order valence-electron chi connectivity index (χ1n) is 6.64. The first-order chi connectivity index (χ1) is 9.11. The molecule has 0 aliphatic heterocycles. The molecule has 0 unspecified atom stereocenters. The first kappa shape index (κ1) is 16.9. The van der Waals surface area contributed by atoms with Crippen LogP contribution in [0.25, 0.3) is 0 Å². The SMILES string of the molecule is COC(=O)CC1(CS(=O)(=O)CC(=O)N(C)C(C)C)CC1. The van der Waals surface area contributed by atoms with Gasteiger partial charge in [0.1, 0.15) is 5.75 Å². The third-order valence-electron chi connectivity index (χ3n) is 3.74. The van der Waals surface area contributed by atoms with Crippen LogP contribution < -0.4 is 0 Å². The molecule has 0 bridgehead atoms. The number of esters is 1. The van der Waals surface area contributed by atoms with E-state index in [1.807, 2.05) is 13.8 Å². The van der Waals surface area contributed by atoms with Gasteiger partial charge < -0.3 is 9.64 Å². The van der Waals surface area contributed by atoms with Gasteiger partial charge in [-0.3, -0.25) is 9.59 Å². The molecule has 1 fully saturated rings. The Morgan fingerprint density at radius 2 is 1.85 bits per heavy atom. The topological polar surface area (TPSA) is 80.8 Å². The fourth-order valence-corrected chi connectivity index (χ4v) is 4.03. The molecule has 1 saturated carbocycles. The Morgan fingerprint density at radius 1 is 1.30 bits per heavy atom. The van der Waals surface area contributed by atoms with E-state index >= 15 is 0 Å². The van der Waals surface area contributed by atoms with Gasteiger partial charge in [0.25, 0.3) is 0 Å². The van der Waals surface area contributed by atoms with Crippen LogP contribution in [-0.4, -0.2) is 56.9 Å². The van der Waals surface area contributed by atoms with Crippen LogP contribution in [0.3, 0.4) is 0 Å². The van der Waals surface area contributed by atoms with E-state index in [1.165, 1.54) is 12.0 Å². The molecule has 0 heterocycles. The maximum absolute atomic E-state index is 12.1. The fraction of sp³-hybridized carbons (Fsp3) is 0.846. The van der Waals surface area contributed by atoms with E-state index < -0.39 is 32.9 Å². The summed E-state index contributed by atoms with van der Waals surface area (Å²) in [7, 11) is -0.634. The largest absolute Gasteiger partial charge is 0.469 e. The highest BCUT2D eigenvalue weighted by Gasteiger charge is 2.48. The number of rotatable bonds is 7. The Kier molecular flexibility index (Phi) is 5.18. The lowest BCUT2D eigenvalue weighted by atomic mass is 10.1. The van der Waals surface area contributed by atoms with Crippen molar-refractivity contribution in [2.24, 2.45) is 5.41 Å². The van der Waals surface area contributed by atoms with E-state index in [4.69, 9.17) is 0 Å². The third kappa shape index (κ3) is 4.77. The van der Waals surface area contributed by atoms with Gasteiger partial charge in [0.05, 0.1) is 19.3 Å². The van der Waals surface area contributed by atoms with E-state index in [9.17, 15) is 18.0 Å². The van der Waals surface area contributed by atoms with Crippen molar-refractivity contribution in [3.05, 3.63) is 0 Å². The predicted molar refractivity (Wildman–Crippen MR) is 74.9 cm³/mol. The summed E-state index contributed by atoms with van der Waals surface area (Å²) in [5, 5.41) is 0. The number of ether oxygens (including phenoxy) is 1. The number of sulfone groups is 1. The zero-order valence-electron chi connectivity index (χ0n) is 12.5. The summed E-state index contributed by atoms with van der Waals surface area (Å²) in [6, 6.07) is -0.0392. The molecule has 0 aromatic carbocycles. The van der Waals surface area contributed by atoms with Gasteiger partial charge in [-0.25, -0.2) is 8.42 Å². The minimum absolute atomic E-state index is 0.0392. The minimum Gasteiger partial charge on any atom is -0.469 e. The highest BCUT2D eigenvalue weighted by Crippen LogP contribution is 2.50. The van der Waals surface area contributed by atoms with Gasteiger partial charge in [0.15, 0.2) is 9.84 Å². The lowest BCUT2D eigenvalue weighted by molar-refractivity contribution is -0.141. The summed E-state index contributed by atoms with van der Waals surface area (Å²) in [5.74, 6) is -1.42. The van der Waals surface area contributed by atoms with Gasteiger partial charge in [-0.1, -0.05) is 0 Å². The molecule has 1 aliphatic carbocycles. The Labute approximate surface area is 120 Å². The summed E-state index contributed by atoms with van der Waals surface area (Å²) in [4.78, 5) is 24.5. The first-order valence-corrected chi connectivity index (χ1v) is 8.46. The molecule has 0 radical (unpaired) electrons. The summed E-state index contributed by atoms with van der Waals surface area (Å²) in [6.45, 7) is 3.65. The maximum Gasteiger partial charge on any atom is 0.306 e. The lowest BCUT2D eigenvalue weighted by Crippen LogP contribution is -2.38. The molecule has 0 aromatic rings. The molecular formula is C13H23NO5S. The lowest BCUT2D eigenvalue weighted by Gasteiger charge is -2.22.